The molecule has 1 aliphatic heterocycles. The van der Waals surface area contributed by atoms with Crippen molar-refractivity contribution in [1.82, 2.24) is 15.0 Å². The van der Waals surface area contributed by atoms with Crippen LogP contribution in [0.5, 0.6) is 0 Å². The van der Waals surface area contributed by atoms with Gasteiger partial charge < -0.3 is 25.5 Å². The SMILES string of the molecule is Nc1c(C(=O)NC2CCCCC2)nsc1C(=O)N(c1cccc(F)c1)[C@@H](C(=O)NC[C@H]1CCCO1)c1ccco1. The second kappa shape index (κ2) is 12.6. The summed E-state index contributed by atoms with van der Waals surface area (Å²) in [6, 6.07) is 7.22. The van der Waals surface area contributed by atoms with Gasteiger partial charge in [0.15, 0.2) is 11.7 Å². The van der Waals surface area contributed by atoms with Crippen molar-refractivity contribution in [1.29, 1.82) is 0 Å². The van der Waals surface area contributed by atoms with Gasteiger partial charge in [-0.25, -0.2) is 4.39 Å². The highest BCUT2D eigenvalue weighted by atomic mass is 32.1. The molecular weight excluding hydrogens is 537 g/mol. The molecule has 0 unspecified atom stereocenters. The number of anilines is 2. The second-order valence-electron chi connectivity index (χ2n) is 10.0. The van der Waals surface area contributed by atoms with E-state index in [1.54, 1.807) is 12.1 Å². The number of ether oxygens (including phenoxy) is 1. The van der Waals surface area contributed by atoms with Gasteiger partial charge >= 0.3 is 0 Å². The maximum Gasteiger partial charge on any atom is 0.273 e. The third kappa shape index (κ3) is 6.18. The van der Waals surface area contributed by atoms with Crippen LogP contribution in [0.2, 0.25) is 0 Å². The number of nitrogen functional groups attached to an aromatic ring is 1. The molecule has 0 bridgehead atoms. The Balaban J connectivity index is 1.47. The van der Waals surface area contributed by atoms with Gasteiger partial charge in [-0.15, -0.1) is 0 Å². The first-order valence-corrected chi connectivity index (χ1v) is 14.3. The topological polar surface area (TPSA) is 140 Å². The van der Waals surface area contributed by atoms with E-state index in [9.17, 15) is 18.8 Å². The number of rotatable bonds is 9. The van der Waals surface area contributed by atoms with Crippen LogP contribution in [-0.4, -0.2) is 47.4 Å². The van der Waals surface area contributed by atoms with Gasteiger partial charge in [-0.3, -0.25) is 19.3 Å². The van der Waals surface area contributed by atoms with E-state index >= 15 is 0 Å². The van der Waals surface area contributed by atoms with Gasteiger partial charge in [0.05, 0.1) is 18.1 Å². The molecule has 1 saturated heterocycles. The van der Waals surface area contributed by atoms with Gasteiger partial charge in [0.1, 0.15) is 16.5 Å². The molecular formula is C28H32FN5O5S. The lowest BCUT2D eigenvalue weighted by atomic mass is 9.95. The Labute approximate surface area is 235 Å². The van der Waals surface area contributed by atoms with E-state index in [2.05, 4.69) is 15.0 Å². The first-order chi connectivity index (χ1) is 19.4. The fourth-order valence-electron chi connectivity index (χ4n) is 5.17. The Bertz CT molecular complexity index is 1330. The number of nitrogens with zero attached hydrogens (tertiary/aromatic N) is 2. The first-order valence-electron chi connectivity index (χ1n) is 13.5. The summed E-state index contributed by atoms with van der Waals surface area (Å²) in [7, 11) is 0. The Hall–Kier alpha value is -3.77. The van der Waals surface area contributed by atoms with Gasteiger partial charge in [-0.05, 0) is 67.5 Å². The van der Waals surface area contributed by atoms with E-state index < -0.39 is 29.6 Å². The van der Waals surface area contributed by atoms with Crippen molar-refractivity contribution in [2.24, 2.45) is 0 Å². The molecule has 2 aromatic heterocycles. The van der Waals surface area contributed by atoms with Crippen LogP contribution in [0.4, 0.5) is 15.8 Å². The smallest absolute Gasteiger partial charge is 0.273 e. The lowest BCUT2D eigenvalue weighted by Crippen LogP contribution is -2.45. The second-order valence-corrected chi connectivity index (χ2v) is 10.8. The van der Waals surface area contributed by atoms with E-state index in [1.165, 1.54) is 24.5 Å². The summed E-state index contributed by atoms with van der Waals surface area (Å²) in [6.07, 6.45) is 7.92. The number of aromatic nitrogens is 1. The van der Waals surface area contributed by atoms with Crippen molar-refractivity contribution < 1.29 is 27.9 Å². The molecule has 3 aromatic rings. The zero-order valence-corrected chi connectivity index (χ0v) is 22.8. The normalized spacial score (nSPS) is 18.3. The molecule has 4 N–H and O–H groups in total. The van der Waals surface area contributed by atoms with E-state index in [0.717, 1.165) is 67.4 Å². The number of hydrogen-bond donors (Lipinski definition) is 3. The molecule has 12 heteroatoms. The average Bonchev–Trinajstić information content (AvgIpc) is 3.73. The molecule has 2 fully saturated rings. The third-order valence-electron chi connectivity index (χ3n) is 7.23. The van der Waals surface area contributed by atoms with E-state index in [1.807, 2.05) is 0 Å². The quantitative estimate of drug-likeness (QED) is 0.351. The largest absolute Gasteiger partial charge is 0.467 e. The number of nitrogens with two attached hydrogens (primary N) is 1. The van der Waals surface area contributed by atoms with Crippen LogP contribution in [0.15, 0.2) is 47.1 Å². The molecule has 10 nitrogen and oxygen atoms in total. The number of amides is 3. The number of carbonyl (C=O) groups excluding carboxylic acids is 3. The molecule has 3 amide bonds. The van der Waals surface area contributed by atoms with Crippen molar-refractivity contribution in [3.8, 4) is 0 Å². The number of hydrogen-bond acceptors (Lipinski definition) is 8. The van der Waals surface area contributed by atoms with Crippen molar-refractivity contribution >= 4 is 40.6 Å². The number of furan rings is 1. The summed E-state index contributed by atoms with van der Waals surface area (Å²) in [6.45, 7) is 0.868. The molecule has 1 saturated carbocycles. The molecule has 2 atom stereocenters. The van der Waals surface area contributed by atoms with Crippen LogP contribution < -0.4 is 21.3 Å². The third-order valence-corrected chi connectivity index (χ3v) is 8.08. The number of halogens is 1. The number of benzene rings is 1. The molecule has 1 aliphatic carbocycles. The standard InChI is InChI=1S/C28H32FN5O5S/c29-17-7-4-10-19(15-17)34(24(21-12-6-14-39-21)27(36)31-16-20-11-5-13-38-20)28(37)25-22(30)23(33-40-25)26(35)32-18-8-2-1-3-9-18/h4,6-7,10,12,14-15,18,20,24H,1-3,5,8-9,11,13,16,30H2,(H,31,36)(H,32,35)/t20-,24-/m1/s1. The van der Waals surface area contributed by atoms with Gasteiger partial charge in [-0.1, -0.05) is 25.3 Å². The predicted molar refractivity (Wildman–Crippen MR) is 148 cm³/mol. The summed E-state index contributed by atoms with van der Waals surface area (Å²) in [5.41, 5.74) is 6.29. The molecule has 0 spiro atoms. The molecule has 0 radical (unpaired) electrons. The summed E-state index contributed by atoms with van der Waals surface area (Å²) in [5, 5.41) is 5.81. The highest BCUT2D eigenvalue weighted by Crippen LogP contribution is 2.34. The number of nitrogens with one attached hydrogen (secondary N) is 2. The molecule has 2 aliphatic rings. The maximum atomic E-state index is 14.4. The summed E-state index contributed by atoms with van der Waals surface area (Å²) in [5.74, 6) is -2.14. The summed E-state index contributed by atoms with van der Waals surface area (Å²) < 4.78 is 29.8. The zero-order chi connectivity index (χ0) is 28.1. The van der Waals surface area contributed by atoms with Gasteiger partial charge in [0.25, 0.3) is 17.7 Å². The Morgan fingerprint density at radius 3 is 2.65 bits per heavy atom. The molecule has 212 valence electrons. The first kappa shape index (κ1) is 27.8. The van der Waals surface area contributed by atoms with Gasteiger partial charge in [-0.2, -0.15) is 4.37 Å². The van der Waals surface area contributed by atoms with Crippen LogP contribution in [0.25, 0.3) is 0 Å². The van der Waals surface area contributed by atoms with E-state index in [0.29, 0.717) is 6.61 Å². The minimum absolute atomic E-state index is 0.0289. The lowest BCUT2D eigenvalue weighted by Gasteiger charge is -2.30. The highest BCUT2D eigenvalue weighted by molar-refractivity contribution is 7.09. The summed E-state index contributed by atoms with van der Waals surface area (Å²) >= 11 is 0.759. The monoisotopic (exact) mass is 569 g/mol. The average molecular weight is 570 g/mol. The molecule has 40 heavy (non-hydrogen) atoms. The number of carbonyl (C=O) groups is 3. The van der Waals surface area contributed by atoms with Crippen LogP contribution in [0.3, 0.4) is 0 Å². The molecule has 5 rings (SSSR count). The maximum absolute atomic E-state index is 14.4. The Morgan fingerprint density at radius 1 is 1.12 bits per heavy atom. The molecule has 1 aromatic carbocycles. The Morgan fingerprint density at radius 2 is 1.95 bits per heavy atom. The highest BCUT2D eigenvalue weighted by Gasteiger charge is 2.38. The van der Waals surface area contributed by atoms with Crippen molar-refractivity contribution in [2.45, 2.75) is 63.1 Å². The van der Waals surface area contributed by atoms with Gasteiger partial charge in [0, 0.05) is 24.9 Å². The van der Waals surface area contributed by atoms with Crippen molar-refractivity contribution in [2.75, 3.05) is 23.8 Å². The van der Waals surface area contributed by atoms with Crippen LogP contribution in [0, 0.1) is 5.82 Å². The fraction of sp³-hybridized carbons (Fsp3) is 0.429. The Kier molecular flexibility index (Phi) is 8.75. The van der Waals surface area contributed by atoms with E-state index in [-0.39, 0.29) is 46.4 Å². The summed E-state index contributed by atoms with van der Waals surface area (Å²) in [4.78, 5) is 41.8. The van der Waals surface area contributed by atoms with Crippen molar-refractivity contribution in [3.63, 3.8) is 0 Å². The van der Waals surface area contributed by atoms with Crippen LogP contribution >= 0.6 is 11.5 Å². The lowest BCUT2D eigenvalue weighted by molar-refractivity contribution is -0.123. The zero-order valence-electron chi connectivity index (χ0n) is 21.9. The van der Waals surface area contributed by atoms with Crippen LogP contribution in [-0.2, 0) is 9.53 Å². The van der Waals surface area contributed by atoms with E-state index in [4.69, 9.17) is 14.9 Å². The minimum Gasteiger partial charge on any atom is -0.467 e. The van der Waals surface area contributed by atoms with Crippen LogP contribution in [0.1, 0.15) is 76.9 Å². The van der Waals surface area contributed by atoms with Crippen molar-refractivity contribution in [3.05, 3.63) is 64.8 Å². The molecule has 3 heterocycles. The fourth-order valence-corrected chi connectivity index (χ4v) is 5.91. The predicted octanol–water partition coefficient (Wildman–Crippen LogP) is 4.20. The van der Waals surface area contributed by atoms with Gasteiger partial charge in [0.2, 0.25) is 0 Å². The minimum atomic E-state index is -1.30.